The molecule has 3 heterocycles. The van der Waals surface area contributed by atoms with Gasteiger partial charge in [-0.3, -0.25) is 4.99 Å². The lowest BCUT2D eigenvalue weighted by atomic mass is 10.1. The monoisotopic (exact) mass is 391 g/mol. The highest BCUT2D eigenvalue weighted by atomic mass is 19.1. The molecule has 0 saturated heterocycles. The first-order valence-corrected chi connectivity index (χ1v) is 9.77. The second-order valence-corrected chi connectivity index (χ2v) is 7.09. The minimum Gasteiger partial charge on any atom is -0.485 e. The van der Waals surface area contributed by atoms with E-state index in [1.54, 1.807) is 12.1 Å². The van der Waals surface area contributed by atoms with Crippen LogP contribution in [0.25, 0.3) is 10.9 Å². The summed E-state index contributed by atoms with van der Waals surface area (Å²) in [6.07, 6.45) is 2.71. The minimum absolute atomic E-state index is 0.213. The highest BCUT2D eigenvalue weighted by Crippen LogP contribution is 2.22. The number of nitrogens with zero attached hydrogens (tertiary/aromatic N) is 1. The van der Waals surface area contributed by atoms with Crippen molar-refractivity contribution in [2.24, 2.45) is 4.99 Å². The highest BCUT2D eigenvalue weighted by Gasteiger charge is 2.28. The van der Waals surface area contributed by atoms with E-state index in [1.807, 2.05) is 6.07 Å². The van der Waals surface area contributed by atoms with Crippen molar-refractivity contribution in [3.8, 4) is 0 Å². The number of rotatable bonds is 5. The van der Waals surface area contributed by atoms with Gasteiger partial charge in [-0.25, -0.2) is 4.39 Å². The van der Waals surface area contributed by atoms with Crippen LogP contribution in [0.4, 0.5) is 4.39 Å². The van der Waals surface area contributed by atoms with E-state index in [4.69, 9.17) is 4.74 Å². The first-order chi connectivity index (χ1) is 14.3. The number of para-hydroxylation sites is 1. The van der Waals surface area contributed by atoms with Crippen LogP contribution in [0.15, 0.2) is 71.3 Å². The van der Waals surface area contributed by atoms with Crippen LogP contribution in [0, 0.1) is 5.82 Å². The Morgan fingerprint density at radius 2 is 1.97 bits per heavy atom. The molecule has 0 bridgehead atoms. The van der Waals surface area contributed by atoms with Crippen molar-refractivity contribution < 1.29 is 9.13 Å². The number of hydrogen-bond acceptors (Lipinski definition) is 5. The third kappa shape index (κ3) is 3.51. The van der Waals surface area contributed by atoms with Gasteiger partial charge in [0.1, 0.15) is 24.4 Å². The molecule has 29 heavy (non-hydrogen) atoms. The molecule has 0 saturated carbocycles. The summed E-state index contributed by atoms with van der Waals surface area (Å²) < 4.78 is 19.2. The summed E-state index contributed by atoms with van der Waals surface area (Å²) in [6, 6.07) is 14.7. The molecule has 4 N–H and O–H groups in total. The van der Waals surface area contributed by atoms with Crippen LogP contribution in [-0.2, 0) is 11.2 Å². The van der Waals surface area contributed by atoms with Crippen molar-refractivity contribution in [1.82, 2.24) is 20.9 Å². The molecule has 1 unspecified atom stereocenters. The van der Waals surface area contributed by atoms with E-state index in [2.05, 4.69) is 50.3 Å². The van der Waals surface area contributed by atoms with Gasteiger partial charge in [-0.15, -0.1) is 0 Å². The summed E-state index contributed by atoms with van der Waals surface area (Å²) in [5, 5.41) is 11.5. The maximum Gasteiger partial charge on any atom is 0.201 e. The van der Waals surface area contributed by atoms with Crippen LogP contribution >= 0.6 is 0 Å². The van der Waals surface area contributed by atoms with Gasteiger partial charge in [0.25, 0.3) is 0 Å². The Morgan fingerprint density at radius 1 is 1.10 bits per heavy atom. The minimum atomic E-state index is -0.254. The predicted octanol–water partition coefficient (Wildman–Crippen LogP) is 2.93. The van der Waals surface area contributed by atoms with E-state index in [9.17, 15) is 4.39 Å². The molecule has 5 rings (SSSR count). The fourth-order valence-corrected chi connectivity index (χ4v) is 3.74. The largest absolute Gasteiger partial charge is 0.485 e. The van der Waals surface area contributed by atoms with Crippen LogP contribution in [-0.4, -0.2) is 30.5 Å². The van der Waals surface area contributed by atoms with E-state index in [-0.39, 0.29) is 12.0 Å². The Hall–Kier alpha value is -3.48. The molecule has 6 nitrogen and oxygen atoms in total. The number of hydrogen-bond donors (Lipinski definition) is 4. The molecule has 0 aliphatic carbocycles. The fraction of sp³-hybridized carbons (Fsp3) is 0.227. The number of nitrogens with one attached hydrogen (secondary N) is 4. The standard InChI is InChI=1S/C22H22FN5O/c23-16-7-5-14(6-8-16)20-27-21(19-22(28-20)25-11-12-29-19)24-10-9-15-13-26-18-4-2-1-3-17(15)18/h1-8,13,20,24,26-27H,9-12H2,(H,25,28). The molecule has 2 aliphatic heterocycles. The van der Waals surface area contributed by atoms with Gasteiger partial charge in [0.2, 0.25) is 5.76 Å². The molecule has 7 heteroatoms. The molecule has 1 atom stereocenters. The van der Waals surface area contributed by atoms with E-state index < -0.39 is 0 Å². The smallest absolute Gasteiger partial charge is 0.201 e. The first kappa shape index (κ1) is 17.6. The van der Waals surface area contributed by atoms with Crippen LogP contribution in [0.3, 0.4) is 0 Å². The second kappa shape index (κ2) is 7.50. The van der Waals surface area contributed by atoms with Crippen LogP contribution < -0.4 is 16.0 Å². The summed E-state index contributed by atoms with van der Waals surface area (Å²) in [7, 11) is 0. The highest BCUT2D eigenvalue weighted by molar-refractivity contribution is 5.98. The molecule has 2 aromatic carbocycles. The summed E-state index contributed by atoms with van der Waals surface area (Å²) in [5.74, 6) is 1.97. The Morgan fingerprint density at radius 3 is 2.86 bits per heavy atom. The quantitative estimate of drug-likeness (QED) is 0.540. The van der Waals surface area contributed by atoms with Gasteiger partial charge in [0.15, 0.2) is 5.84 Å². The summed E-state index contributed by atoms with van der Waals surface area (Å²) in [6.45, 7) is 1.90. The van der Waals surface area contributed by atoms with E-state index in [1.165, 1.54) is 23.1 Å². The molecule has 2 aliphatic rings. The van der Waals surface area contributed by atoms with E-state index in [0.717, 1.165) is 35.7 Å². The van der Waals surface area contributed by atoms with Gasteiger partial charge in [-0.05, 0) is 35.7 Å². The molecule has 1 aromatic heterocycles. The van der Waals surface area contributed by atoms with Crippen LogP contribution in [0.2, 0.25) is 0 Å². The first-order valence-electron chi connectivity index (χ1n) is 9.77. The van der Waals surface area contributed by atoms with E-state index >= 15 is 0 Å². The maximum absolute atomic E-state index is 13.3. The number of aromatic amines is 1. The van der Waals surface area contributed by atoms with Gasteiger partial charge in [0, 0.05) is 23.6 Å². The molecule has 3 aromatic rings. The topological polar surface area (TPSA) is 73.5 Å². The van der Waals surface area contributed by atoms with Gasteiger partial charge >= 0.3 is 0 Å². The molecule has 0 spiro atoms. The normalized spacial score (nSPS) is 18.4. The van der Waals surface area contributed by atoms with Crippen molar-refractivity contribution >= 4 is 16.7 Å². The van der Waals surface area contributed by atoms with E-state index in [0.29, 0.717) is 18.9 Å². The molecule has 0 fully saturated rings. The summed E-state index contributed by atoms with van der Waals surface area (Å²) >= 11 is 0. The number of H-pyrrole nitrogens is 1. The third-order valence-electron chi connectivity index (χ3n) is 5.19. The third-order valence-corrected chi connectivity index (χ3v) is 5.19. The van der Waals surface area contributed by atoms with Crippen molar-refractivity contribution in [3.05, 3.63) is 83.3 Å². The number of aliphatic imine (C=N–C) groups is 1. The Kier molecular flexibility index (Phi) is 4.56. The molecular weight excluding hydrogens is 369 g/mol. The predicted molar refractivity (Wildman–Crippen MR) is 111 cm³/mol. The SMILES string of the molecule is Fc1ccc(C2NC3=NCCOC3=C(NCCc3c[nH]c4ccccc34)N2)cc1. The lowest BCUT2D eigenvalue weighted by molar-refractivity contribution is 0.213. The molecule has 0 amide bonds. The number of ether oxygens (including phenoxy) is 1. The number of fused-ring (bicyclic) bond motifs is 2. The van der Waals surface area contributed by atoms with Gasteiger partial charge < -0.3 is 25.7 Å². The Labute approximate surface area is 167 Å². The van der Waals surface area contributed by atoms with Crippen molar-refractivity contribution in [1.29, 1.82) is 0 Å². The van der Waals surface area contributed by atoms with Crippen molar-refractivity contribution in [3.63, 3.8) is 0 Å². The Balaban J connectivity index is 1.34. The number of halogens is 1. The van der Waals surface area contributed by atoms with Gasteiger partial charge in [-0.1, -0.05) is 30.3 Å². The summed E-state index contributed by atoms with van der Waals surface area (Å²) in [5.41, 5.74) is 3.33. The molecular formula is C22H22FN5O. The van der Waals surface area contributed by atoms with Gasteiger partial charge in [0.05, 0.1) is 6.54 Å². The zero-order valence-corrected chi connectivity index (χ0v) is 15.8. The van der Waals surface area contributed by atoms with Crippen molar-refractivity contribution in [2.75, 3.05) is 19.7 Å². The van der Waals surface area contributed by atoms with Gasteiger partial charge in [-0.2, -0.15) is 0 Å². The zero-order chi connectivity index (χ0) is 19.6. The number of amidine groups is 1. The maximum atomic E-state index is 13.3. The average Bonchev–Trinajstić information content (AvgIpc) is 3.17. The van der Waals surface area contributed by atoms with Crippen LogP contribution in [0.1, 0.15) is 17.3 Å². The fourth-order valence-electron chi connectivity index (χ4n) is 3.74. The average molecular weight is 391 g/mol. The van der Waals surface area contributed by atoms with Crippen molar-refractivity contribution in [2.45, 2.75) is 12.6 Å². The number of aromatic nitrogens is 1. The summed E-state index contributed by atoms with van der Waals surface area (Å²) in [4.78, 5) is 7.87. The number of benzene rings is 2. The molecule has 0 radical (unpaired) electrons. The second-order valence-electron chi connectivity index (χ2n) is 7.09. The van der Waals surface area contributed by atoms with Crippen LogP contribution in [0.5, 0.6) is 0 Å². The lowest BCUT2D eigenvalue weighted by Gasteiger charge is -2.34. The zero-order valence-electron chi connectivity index (χ0n) is 15.8. The Bertz CT molecular complexity index is 1090. The lowest BCUT2D eigenvalue weighted by Crippen LogP contribution is -2.49. The molecule has 148 valence electrons.